The first-order chi connectivity index (χ1) is 7.08. The molecule has 0 amide bonds. The molecule has 1 heterocycles. The lowest BCUT2D eigenvalue weighted by molar-refractivity contribution is 0.485. The van der Waals surface area contributed by atoms with Gasteiger partial charge in [0, 0.05) is 10.0 Å². The van der Waals surface area contributed by atoms with Gasteiger partial charge >= 0.3 is 0 Å². The largest absolute Gasteiger partial charge is 0.498 e. The molecule has 1 aromatic carbocycles. The summed E-state index contributed by atoms with van der Waals surface area (Å²) in [5.74, 6) is 0. The maximum absolute atomic E-state index is 9.51. The Morgan fingerprint density at radius 2 is 2.07 bits per heavy atom. The van der Waals surface area contributed by atoms with Gasteiger partial charge in [-0.2, -0.15) is 0 Å². The topological polar surface area (TPSA) is 33.1 Å². The third-order valence-corrected chi connectivity index (χ3v) is 3.69. The number of rotatable bonds is 1. The highest BCUT2D eigenvalue weighted by Crippen LogP contribution is 2.35. The maximum Gasteiger partial charge on any atom is 0.195 e. The third kappa shape index (κ3) is 2.06. The Kier molecular flexibility index (Phi) is 2.80. The molecule has 0 aliphatic carbocycles. The van der Waals surface area contributed by atoms with Crippen molar-refractivity contribution in [3.63, 3.8) is 0 Å². The molecule has 2 rings (SSSR count). The summed E-state index contributed by atoms with van der Waals surface area (Å²) >= 11 is 4.75. The SMILES string of the molecule is Cc1ccc(Br)cc1-c1nc(C)c(O)s1. The Hall–Kier alpha value is -0.870. The van der Waals surface area contributed by atoms with Gasteiger partial charge in [0.1, 0.15) is 5.01 Å². The van der Waals surface area contributed by atoms with Gasteiger partial charge in [-0.05, 0) is 31.5 Å². The molecule has 15 heavy (non-hydrogen) atoms. The fraction of sp³-hybridized carbons (Fsp3) is 0.182. The van der Waals surface area contributed by atoms with E-state index in [1.807, 2.05) is 32.0 Å². The normalized spacial score (nSPS) is 10.6. The maximum atomic E-state index is 9.51. The lowest BCUT2D eigenvalue weighted by atomic mass is 10.1. The Labute approximate surface area is 101 Å². The Bertz CT molecular complexity index is 488. The number of hydrogen-bond donors (Lipinski definition) is 1. The van der Waals surface area contributed by atoms with E-state index in [4.69, 9.17) is 0 Å². The smallest absolute Gasteiger partial charge is 0.195 e. The van der Waals surface area contributed by atoms with E-state index in [2.05, 4.69) is 20.9 Å². The fourth-order valence-corrected chi connectivity index (χ4v) is 2.58. The van der Waals surface area contributed by atoms with Crippen molar-refractivity contribution in [1.82, 2.24) is 4.98 Å². The van der Waals surface area contributed by atoms with Gasteiger partial charge in [-0.15, -0.1) is 0 Å². The molecule has 0 unspecified atom stereocenters. The van der Waals surface area contributed by atoms with Gasteiger partial charge in [0.2, 0.25) is 0 Å². The predicted molar refractivity (Wildman–Crippen MR) is 66.4 cm³/mol. The molecule has 2 nitrogen and oxygen atoms in total. The summed E-state index contributed by atoms with van der Waals surface area (Å²) in [5, 5.41) is 10.7. The molecule has 0 saturated carbocycles. The first-order valence-corrected chi connectivity index (χ1v) is 6.12. The summed E-state index contributed by atoms with van der Waals surface area (Å²) in [6.07, 6.45) is 0. The molecule has 78 valence electrons. The van der Waals surface area contributed by atoms with Crippen molar-refractivity contribution in [3.8, 4) is 15.6 Å². The van der Waals surface area contributed by atoms with E-state index in [-0.39, 0.29) is 0 Å². The van der Waals surface area contributed by atoms with Crippen LogP contribution in [0.15, 0.2) is 22.7 Å². The van der Waals surface area contributed by atoms with Crippen molar-refractivity contribution in [1.29, 1.82) is 0 Å². The summed E-state index contributed by atoms with van der Waals surface area (Å²) in [5.41, 5.74) is 2.92. The Balaban J connectivity index is 2.58. The van der Waals surface area contributed by atoms with Crippen molar-refractivity contribution in [2.45, 2.75) is 13.8 Å². The van der Waals surface area contributed by atoms with Gasteiger partial charge in [0.25, 0.3) is 0 Å². The zero-order chi connectivity index (χ0) is 11.0. The van der Waals surface area contributed by atoms with Crippen LogP contribution >= 0.6 is 27.3 Å². The number of aryl methyl sites for hydroxylation is 2. The fourth-order valence-electron chi connectivity index (χ4n) is 1.33. The molecule has 0 saturated heterocycles. The number of nitrogens with zero attached hydrogens (tertiary/aromatic N) is 1. The third-order valence-electron chi connectivity index (χ3n) is 2.20. The number of hydrogen-bond acceptors (Lipinski definition) is 3. The van der Waals surface area contributed by atoms with Gasteiger partial charge in [-0.25, -0.2) is 4.98 Å². The Morgan fingerprint density at radius 1 is 1.33 bits per heavy atom. The van der Waals surface area contributed by atoms with E-state index in [9.17, 15) is 5.11 Å². The van der Waals surface area contributed by atoms with Crippen molar-refractivity contribution in [3.05, 3.63) is 33.9 Å². The highest BCUT2D eigenvalue weighted by molar-refractivity contribution is 9.10. The second kappa shape index (κ2) is 3.94. The number of aromatic nitrogens is 1. The first kappa shape index (κ1) is 10.6. The van der Waals surface area contributed by atoms with Crippen LogP contribution in [0.1, 0.15) is 11.3 Å². The zero-order valence-corrected chi connectivity index (χ0v) is 10.8. The average Bonchev–Trinajstić information content (AvgIpc) is 2.51. The van der Waals surface area contributed by atoms with E-state index < -0.39 is 0 Å². The minimum atomic E-state index is 0.296. The van der Waals surface area contributed by atoms with Crippen LogP contribution in [0.25, 0.3) is 10.6 Å². The van der Waals surface area contributed by atoms with E-state index in [0.717, 1.165) is 20.6 Å². The van der Waals surface area contributed by atoms with Crippen molar-refractivity contribution in [2.24, 2.45) is 0 Å². The van der Waals surface area contributed by atoms with Crippen LogP contribution in [0.3, 0.4) is 0 Å². The van der Waals surface area contributed by atoms with Gasteiger partial charge in [-0.1, -0.05) is 33.3 Å². The molecule has 2 aromatic rings. The van der Waals surface area contributed by atoms with Crippen LogP contribution in [0.5, 0.6) is 5.06 Å². The average molecular weight is 284 g/mol. The second-order valence-electron chi connectivity index (χ2n) is 3.37. The van der Waals surface area contributed by atoms with Gasteiger partial charge < -0.3 is 5.11 Å². The highest BCUT2D eigenvalue weighted by atomic mass is 79.9. The molecule has 0 fully saturated rings. The van der Waals surface area contributed by atoms with E-state index in [0.29, 0.717) is 10.8 Å². The lowest BCUT2D eigenvalue weighted by Gasteiger charge is -2.01. The van der Waals surface area contributed by atoms with Gasteiger partial charge in [0.15, 0.2) is 5.06 Å². The molecular weight excluding hydrogens is 274 g/mol. The summed E-state index contributed by atoms with van der Waals surface area (Å²) in [4.78, 5) is 4.33. The standard InChI is InChI=1S/C11H10BrNOS/c1-6-3-4-8(12)5-9(6)10-13-7(2)11(14)15-10/h3-5,14H,1-2H3. The molecule has 0 radical (unpaired) electrons. The lowest BCUT2D eigenvalue weighted by Crippen LogP contribution is -1.82. The van der Waals surface area contributed by atoms with Crippen molar-refractivity contribution < 1.29 is 5.11 Å². The number of thiazole rings is 1. The molecule has 0 spiro atoms. The van der Waals surface area contributed by atoms with Crippen molar-refractivity contribution in [2.75, 3.05) is 0 Å². The molecule has 0 aliphatic rings. The predicted octanol–water partition coefficient (Wildman–Crippen LogP) is 3.90. The summed E-state index contributed by atoms with van der Waals surface area (Å²) in [6.45, 7) is 3.85. The highest BCUT2D eigenvalue weighted by Gasteiger charge is 2.10. The molecule has 0 atom stereocenters. The first-order valence-electron chi connectivity index (χ1n) is 4.51. The van der Waals surface area contributed by atoms with Gasteiger partial charge in [-0.3, -0.25) is 0 Å². The number of halogens is 1. The van der Waals surface area contributed by atoms with Crippen LogP contribution in [0.4, 0.5) is 0 Å². The molecule has 0 aliphatic heterocycles. The molecule has 0 bridgehead atoms. The van der Waals surface area contributed by atoms with Crippen LogP contribution in [0.2, 0.25) is 0 Å². The second-order valence-corrected chi connectivity index (χ2v) is 5.26. The Morgan fingerprint density at radius 3 is 2.67 bits per heavy atom. The van der Waals surface area contributed by atoms with Gasteiger partial charge in [0.05, 0.1) is 5.69 Å². The molecule has 1 aromatic heterocycles. The number of benzene rings is 1. The van der Waals surface area contributed by atoms with E-state index in [1.165, 1.54) is 11.3 Å². The molecular formula is C11H10BrNOS. The summed E-state index contributed by atoms with van der Waals surface area (Å²) in [6, 6.07) is 6.05. The summed E-state index contributed by atoms with van der Waals surface area (Å²) < 4.78 is 1.02. The van der Waals surface area contributed by atoms with Crippen LogP contribution in [-0.4, -0.2) is 10.1 Å². The van der Waals surface area contributed by atoms with Crippen molar-refractivity contribution >= 4 is 27.3 Å². The number of aromatic hydroxyl groups is 1. The van der Waals surface area contributed by atoms with E-state index >= 15 is 0 Å². The quantitative estimate of drug-likeness (QED) is 0.861. The zero-order valence-electron chi connectivity index (χ0n) is 8.41. The van der Waals surface area contributed by atoms with Crippen LogP contribution in [-0.2, 0) is 0 Å². The minimum absolute atomic E-state index is 0.296. The molecule has 4 heteroatoms. The summed E-state index contributed by atoms with van der Waals surface area (Å²) in [7, 11) is 0. The van der Waals surface area contributed by atoms with Crippen LogP contribution in [0, 0.1) is 13.8 Å². The molecule has 1 N–H and O–H groups in total. The monoisotopic (exact) mass is 283 g/mol. The minimum Gasteiger partial charge on any atom is -0.498 e. The van der Waals surface area contributed by atoms with Crippen LogP contribution < -0.4 is 0 Å². The van der Waals surface area contributed by atoms with E-state index in [1.54, 1.807) is 0 Å².